The molecule has 6 nitrogen and oxygen atoms in total. The molecule has 1 amide bonds. The Morgan fingerprint density at radius 3 is 2.70 bits per heavy atom. The normalized spacial score (nSPS) is 14.5. The van der Waals surface area contributed by atoms with E-state index in [1.165, 1.54) is 0 Å². The molecule has 2 aromatic rings. The molecule has 3 rings (SSSR count). The van der Waals surface area contributed by atoms with Crippen molar-refractivity contribution in [1.29, 1.82) is 0 Å². The molecule has 1 aliphatic heterocycles. The number of aromatic nitrogens is 3. The van der Waals surface area contributed by atoms with Crippen LogP contribution >= 0.6 is 24.8 Å². The summed E-state index contributed by atoms with van der Waals surface area (Å²) in [5, 5.41) is 7.49. The SMILES string of the molecule is CN(C(=O)c1cc(-n2cccn2)ccn1)C1CCNCC1.Cl.Cl. The first kappa shape index (κ1) is 19.4. The summed E-state index contributed by atoms with van der Waals surface area (Å²) >= 11 is 0. The summed E-state index contributed by atoms with van der Waals surface area (Å²) in [5.74, 6) is -0.0316. The van der Waals surface area contributed by atoms with Crippen LogP contribution in [0.2, 0.25) is 0 Å². The molecule has 0 radical (unpaired) electrons. The van der Waals surface area contributed by atoms with E-state index >= 15 is 0 Å². The lowest BCUT2D eigenvalue weighted by atomic mass is 10.0. The molecule has 0 atom stereocenters. The van der Waals surface area contributed by atoms with Gasteiger partial charge in [0.15, 0.2) is 0 Å². The number of nitrogens with one attached hydrogen (secondary N) is 1. The Hall–Kier alpha value is -1.63. The number of nitrogens with zero attached hydrogens (tertiary/aromatic N) is 4. The molecular weight excluding hydrogens is 337 g/mol. The quantitative estimate of drug-likeness (QED) is 0.911. The summed E-state index contributed by atoms with van der Waals surface area (Å²) in [5.41, 5.74) is 1.31. The monoisotopic (exact) mass is 357 g/mol. The van der Waals surface area contributed by atoms with Gasteiger partial charge in [-0.3, -0.25) is 9.78 Å². The van der Waals surface area contributed by atoms with Crippen LogP contribution in [0.25, 0.3) is 5.69 Å². The second-order valence-electron chi connectivity index (χ2n) is 5.25. The average Bonchev–Trinajstić information content (AvgIpc) is 3.09. The predicted octanol–water partition coefficient (Wildman–Crippen LogP) is 1.93. The van der Waals surface area contributed by atoms with Gasteiger partial charge in [0.25, 0.3) is 5.91 Å². The number of carbonyl (C=O) groups is 1. The molecule has 2 aromatic heterocycles. The van der Waals surface area contributed by atoms with Gasteiger partial charge in [0.2, 0.25) is 0 Å². The van der Waals surface area contributed by atoms with Crippen LogP contribution in [-0.4, -0.2) is 51.8 Å². The maximum absolute atomic E-state index is 12.6. The van der Waals surface area contributed by atoms with Gasteiger partial charge in [-0.05, 0) is 44.1 Å². The number of hydrogen-bond acceptors (Lipinski definition) is 4. The Balaban J connectivity index is 0.00000132. The molecule has 0 unspecified atom stereocenters. The maximum atomic E-state index is 12.6. The lowest BCUT2D eigenvalue weighted by Gasteiger charge is -2.31. The summed E-state index contributed by atoms with van der Waals surface area (Å²) in [6.07, 6.45) is 7.19. The van der Waals surface area contributed by atoms with Gasteiger partial charge in [0.1, 0.15) is 5.69 Å². The molecule has 1 aliphatic rings. The Kier molecular flexibility index (Phi) is 7.48. The zero-order valence-electron chi connectivity index (χ0n) is 12.9. The molecular formula is C15H21Cl2N5O. The van der Waals surface area contributed by atoms with Gasteiger partial charge in [-0.15, -0.1) is 24.8 Å². The van der Waals surface area contributed by atoms with Crippen LogP contribution in [0.5, 0.6) is 0 Å². The lowest BCUT2D eigenvalue weighted by molar-refractivity contribution is 0.0697. The molecule has 0 bridgehead atoms. The molecule has 1 saturated heterocycles. The Morgan fingerprint density at radius 2 is 2.04 bits per heavy atom. The summed E-state index contributed by atoms with van der Waals surface area (Å²) in [7, 11) is 1.86. The second-order valence-corrected chi connectivity index (χ2v) is 5.25. The molecule has 3 heterocycles. The fourth-order valence-corrected chi connectivity index (χ4v) is 2.64. The van der Waals surface area contributed by atoms with Gasteiger partial charge in [-0.1, -0.05) is 0 Å². The third-order valence-electron chi connectivity index (χ3n) is 3.91. The van der Waals surface area contributed by atoms with E-state index in [0.717, 1.165) is 31.6 Å². The van der Waals surface area contributed by atoms with Crippen molar-refractivity contribution in [3.05, 3.63) is 42.5 Å². The largest absolute Gasteiger partial charge is 0.337 e. The molecule has 126 valence electrons. The van der Waals surface area contributed by atoms with Crippen molar-refractivity contribution in [2.45, 2.75) is 18.9 Å². The molecule has 23 heavy (non-hydrogen) atoms. The topological polar surface area (TPSA) is 63.1 Å². The lowest BCUT2D eigenvalue weighted by Crippen LogP contribution is -2.44. The van der Waals surface area contributed by atoms with Crippen molar-refractivity contribution in [2.24, 2.45) is 0 Å². The molecule has 0 aliphatic carbocycles. The van der Waals surface area contributed by atoms with E-state index in [4.69, 9.17) is 0 Å². The van der Waals surface area contributed by atoms with E-state index in [2.05, 4.69) is 15.4 Å². The Labute approximate surface area is 148 Å². The highest BCUT2D eigenvalue weighted by molar-refractivity contribution is 5.92. The first-order valence-corrected chi connectivity index (χ1v) is 7.19. The fourth-order valence-electron chi connectivity index (χ4n) is 2.64. The van der Waals surface area contributed by atoms with E-state index in [0.29, 0.717) is 5.69 Å². The van der Waals surface area contributed by atoms with E-state index in [-0.39, 0.29) is 36.8 Å². The summed E-state index contributed by atoms with van der Waals surface area (Å²) in [6, 6.07) is 5.76. The number of pyridine rings is 1. The zero-order valence-corrected chi connectivity index (χ0v) is 14.5. The van der Waals surface area contributed by atoms with Crippen LogP contribution in [0.1, 0.15) is 23.3 Å². The highest BCUT2D eigenvalue weighted by atomic mass is 35.5. The van der Waals surface area contributed by atoms with Crippen LogP contribution in [-0.2, 0) is 0 Å². The number of rotatable bonds is 3. The average molecular weight is 358 g/mol. The highest BCUT2D eigenvalue weighted by Crippen LogP contribution is 2.14. The summed E-state index contributed by atoms with van der Waals surface area (Å²) in [4.78, 5) is 18.6. The van der Waals surface area contributed by atoms with Gasteiger partial charge in [-0.2, -0.15) is 5.10 Å². The predicted molar refractivity (Wildman–Crippen MR) is 93.8 cm³/mol. The molecule has 0 spiro atoms. The maximum Gasteiger partial charge on any atom is 0.272 e. The fraction of sp³-hybridized carbons (Fsp3) is 0.400. The van der Waals surface area contributed by atoms with E-state index < -0.39 is 0 Å². The van der Waals surface area contributed by atoms with Crippen molar-refractivity contribution < 1.29 is 4.79 Å². The van der Waals surface area contributed by atoms with Crippen molar-refractivity contribution in [2.75, 3.05) is 20.1 Å². The van der Waals surface area contributed by atoms with E-state index in [9.17, 15) is 4.79 Å². The number of piperidine rings is 1. The highest BCUT2D eigenvalue weighted by Gasteiger charge is 2.23. The van der Waals surface area contributed by atoms with Crippen molar-refractivity contribution in [3.8, 4) is 5.69 Å². The van der Waals surface area contributed by atoms with Crippen LogP contribution in [0.4, 0.5) is 0 Å². The Morgan fingerprint density at radius 1 is 1.30 bits per heavy atom. The van der Waals surface area contributed by atoms with E-state index in [1.54, 1.807) is 23.1 Å². The minimum atomic E-state index is -0.0316. The summed E-state index contributed by atoms with van der Waals surface area (Å²) < 4.78 is 1.73. The molecule has 1 fully saturated rings. The zero-order chi connectivity index (χ0) is 14.7. The van der Waals surface area contributed by atoms with Crippen molar-refractivity contribution in [3.63, 3.8) is 0 Å². The second kappa shape index (κ2) is 8.86. The van der Waals surface area contributed by atoms with E-state index in [1.807, 2.05) is 30.3 Å². The van der Waals surface area contributed by atoms with Gasteiger partial charge in [-0.25, -0.2) is 4.68 Å². The third-order valence-corrected chi connectivity index (χ3v) is 3.91. The van der Waals surface area contributed by atoms with Crippen molar-refractivity contribution >= 4 is 30.7 Å². The first-order chi connectivity index (χ1) is 10.3. The molecule has 0 aromatic carbocycles. The molecule has 8 heteroatoms. The number of halogens is 2. The van der Waals surface area contributed by atoms with Gasteiger partial charge >= 0.3 is 0 Å². The van der Waals surface area contributed by atoms with Crippen LogP contribution < -0.4 is 5.32 Å². The molecule has 1 N–H and O–H groups in total. The van der Waals surface area contributed by atoms with Gasteiger partial charge in [0, 0.05) is 31.7 Å². The smallest absolute Gasteiger partial charge is 0.272 e. The van der Waals surface area contributed by atoms with Crippen molar-refractivity contribution in [1.82, 2.24) is 25.0 Å². The summed E-state index contributed by atoms with van der Waals surface area (Å²) in [6.45, 7) is 1.92. The Bertz CT molecular complexity index is 614. The minimum absolute atomic E-state index is 0. The number of amides is 1. The minimum Gasteiger partial charge on any atom is -0.337 e. The number of carbonyl (C=O) groups excluding carboxylic acids is 1. The van der Waals surface area contributed by atoms with Crippen LogP contribution in [0.15, 0.2) is 36.8 Å². The molecule has 0 saturated carbocycles. The first-order valence-electron chi connectivity index (χ1n) is 7.19. The van der Waals surface area contributed by atoms with Gasteiger partial charge in [0.05, 0.1) is 5.69 Å². The van der Waals surface area contributed by atoms with Gasteiger partial charge < -0.3 is 10.2 Å². The van der Waals surface area contributed by atoms with Crippen LogP contribution in [0, 0.1) is 0 Å². The third kappa shape index (κ3) is 4.43. The van der Waals surface area contributed by atoms with Crippen LogP contribution in [0.3, 0.4) is 0 Å². The standard InChI is InChI=1S/C15H19N5O.2ClH/c1-19(12-3-7-16-8-4-12)15(21)14-11-13(5-9-17-14)20-10-2-6-18-20;;/h2,5-6,9-12,16H,3-4,7-8H2,1H3;2*1H. The number of hydrogen-bond donors (Lipinski definition) is 1.